The summed E-state index contributed by atoms with van der Waals surface area (Å²) >= 11 is 4.60. The Morgan fingerprint density at radius 1 is 1.58 bits per heavy atom. The van der Waals surface area contributed by atoms with Gasteiger partial charge in [-0.2, -0.15) is 9.36 Å². The number of methoxy groups -OCH3 is 1. The highest BCUT2D eigenvalue weighted by Crippen LogP contribution is 2.30. The largest absolute Gasteiger partial charge is 0.480 e. The van der Waals surface area contributed by atoms with Gasteiger partial charge in [0.2, 0.25) is 5.88 Å². The molecule has 0 saturated heterocycles. The minimum Gasteiger partial charge on any atom is -0.480 e. The zero-order valence-electron chi connectivity index (χ0n) is 10.3. The molecule has 0 aliphatic rings. The average Bonchev–Trinajstić information content (AvgIpc) is 3.03. The van der Waals surface area contributed by atoms with E-state index in [0.29, 0.717) is 24.7 Å². The molecule has 1 N–H and O–H groups in total. The Kier molecular flexibility index (Phi) is 4.48. The highest BCUT2D eigenvalue weighted by molar-refractivity contribution is 9.10. The van der Waals surface area contributed by atoms with E-state index in [2.05, 4.69) is 35.8 Å². The van der Waals surface area contributed by atoms with Crippen molar-refractivity contribution in [1.29, 1.82) is 0 Å². The highest BCUT2D eigenvalue weighted by Gasteiger charge is 2.16. The van der Waals surface area contributed by atoms with Gasteiger partial charge in [-0.1, -0.05) is 12.1 Å². The van der Waals surface area contributed by atoms with E-state index in [9.17, 15) is 4.79 Å². The third-order valence-corrected chi connectivity index (χ3v) is 4.16. The van der Waals surface area contributed by atoms with Crippen LogP contribution in [0.3, 0.4) is 0 Å². The molecule has 0 radical (unpaired) electrons. The number of aromatic nitrogens is 3. The summed E-state index contributed by atoms with van der Waals surface area (Å²) in [4.78, 5) is 16.6. The molecule has 2 aromatic rings. The lowest BCUT2D eigenvalue weighted by Gasteiger charge is -2.00. The molecule has 2 rings (SSSR count). The lowest BCUT2D eigenvalue weighted by Crippen LogP contribution is -2.22. The topological polar surface area (TPSA) is 90.1 Å². The normalized spacial score (nSPS) is 10.5. The lowest BCUT2D eigenvalue weighted by molar-refractivity contribution is 0.0907. The quantitative estimate of drug-likeness (QED) is 0.887. The van der Waals surface area contributed by atoms with Crippen molar-refractivity contribution in [2.45, 2.75) is 19.9 Å². The number of carbonyl (C=O) groups excluding carboxylic acids is 1. The Morgan fingerprint density at radius 3 is 2.95 bits per heavy atom. The fraction of sp³-hybridized carbons (Fsp3) is 0.400. The molecule has 102 valence electrons. The summed E-state index contributed by atoms with van der Waals surface area (Å²) in [5, 5.41) is 6.34. The van der Waals surface area contributed by atoms with Crippen LogP contribution >= 0.6 is 27.5 Å². The van der Waals surface area contributed by atoms with Crippen molar-refractivity contribution >= 4 is 33.4 Å². The molecule has 0 bridgehead atoms. The van der Waals surface area contributed by atoms with E-state index in [1.165, 1.54) is 18.6 Å². The van der Waals surface area contributed by atoms with Crippen molar-refractivity contribution in [2.24, 2.45) is 0 Å². The van der Waals surface area contributed by atoms with Crippen molar-refractivity contribution in [2.75, 3.05) is 7.11 Å². The second-order valence-electron chi connectivity index (χ2n) is 3.48. The molecule has 9 heteroatoms. The van der Waals surface area contributed by atoms with Crippen molar-refractivity contribution in [1.82, 2.24) is 19.8 Å². The van der Waals surface area contributed by atoms with Gasteiger partial charge in [0.15, 0.2) is 5.82 Å². The Bertz CT molecular complexity index is 583. The molecule has 0 aliphatic heterocycles. The van der Waals surface area contributed by atoms with Gasteiger partial charge in [0.05, 0.1) is 23.0 Å². The summed E-state index contributed by atoms with van der Waals surface area (Å²) in [7, 11) is 1.53. The fourth-order valence-electron chi connectivity index (χ4n) is 1.26. The molecular weight excluding hydrogens is 336 g/mol. The van der Waals surface area contributed by atoms with E-state index in [1.807, 2.05) is 6.92 Å². The van der Waals surface area contributed by atoms with Crippen molar-refractivity contribution < 1.29 is 14.1 Å². The zero-order chi connectivity index (χ0) is 13.8. The number of carbonyl (C=O) groups is 1. The van der Waals surface area contributed by atoms with E-state index in [4.69, 9.17) is 9.26 Å². The van der Waals surface area contributed by atoms with Crippen LogP contribution in [0.1, 0.15) is 28.3 Å². The molecule has 0 aromatic carbocycles. The van der Waals surface area contributed by atoms with Crippen LogP contribution in [-0.4, -0.2) is 27.5 Å². The highest BCUT2D eigenvalue weighted by atomic mass is 79.9. The van der Waals surface area contributed by atoms with Gasteiger partial charge in [-0.05, 0) is 27.5 Å². The van der Waals surface area contributed by atoms with Crippen LogP contribution in [0.5, 0.6) is 5.88 Å². The van der Waals surface area contributed by atoms with Gasteiger partial charge in [0.1, 0.15) is 0 Å². The van der Waals surface area contributed by atoms with E-state index in [0.717, 1.165) is 9.35 Å². The minimum atomic E-state index is -0.411. The van der Waals surface area contributed by atoms with Crippen LogP contribution in [0.2, 0.25) is 0 Å². The number of ether oxygens (including phenoxy) is 1. The first-order valence-corrected chi connectivity index (χ1v) is 7.01. The number of amides is 1. The molecule has 0 spiro atoms. The van der Waals surface area contributed by atoms with Gasteiger partial charge < -0.3 is 14.6 Å². The molecule has 0 unspecified atom stereocenters. The number of aryl methyl sites for hydroxylation is 1. The van der Waals surface area contributed by atoms with Gasteiger partial charge in [-0.25, -0.2) is 0 Å². The number of nitrogens with zero attached hydrogens (tertiary/aromatic N) is 3. The second kappa shape index (κ2) is 6.11. The van der Waals surface area contributed by atoms with Crippen LogP contribution in [0, 0.1) is 0 Å². The number of hydrogen-bond acceptors (Lipinski definition) is 7. The molecule has 2 heterocycles. The zero-order valence-corrected chi connectivity index (χ0v) is 12.7. The predicted molar refractivity (Wildman–Crippen MR) is 71.2 cm³/mol. The molecule has 0 aliphatic carbocycles. The molecule has 7 nitrogen and oxygen atoms in total. The average molecular weight is 347 g/mol. The van der Waals surface area contributed by atoms with Gasteiger partial charge in [-0.15, -0.1) is 0 Å². The van der Waals surface area contributed by atoms with Crippen LogP contribution in [0.25, 0.3) is 0 Å². The summed E-state index contributed by atoms with van der Waals surface area (Å²) in [5.74, 6) is 0.557. The smallest absolute Gasteiger partial charge is 0.315 e. The number of hydrogen-bond donors (Lipinski definition) is 1. The maximum atomic E-state index is 11.8. The van der Waals surface area contributed by atoms with Crippen LogP contribution < -0.4 is 10.1 Å². The fourth-order valence-corrected chi connectivity index (χ4v) is 2.65. The molecule has 2 aromatic heterocycles. The first-order valence-electron chi connectivity index (χ1n) is 5.44. The predicted octanol–water partition coefficient (Wildman–Crippen LogP) is 1.79. The van der Waals surface area contributed by atoms with E-state index < -0.39 is 5.91 Å². The summed E-state index contributed by atoms with van der Waals surface area (Å²) < 4.78 is 14.7. The molecule has 1 amide bonds. The summed E-state index contributed by atoms with van der Waals surface area (Å²) in [6, 6.07) is 0. The van der Waals surface area contributed by atoms with E-state index in [-0.39, 0.29) is 5.89 Å². The Hall–Kier alpha value is -1.48. The van der Waals surface area contributed by atoms with Gasteiger partial charge >= 0.3 is 11.8 Å². The summed E-state index contributed by atoms with van der Waals surface area (Å²) in [5.41, 5.74) is 0. The first kappa shape index (κ1) is 13.9. The molecule has 0 atom stereocenters. The SMILES string of the molecule is CCc1noc(C(=O)NCc2snc(OC)c2Br)n1. The van der Waals surface area contributed by atoms with Crippen LogP contribution in [0.15, 0.2) is 9.00 Å². The van der Waals surface area contributed by atoms with Crippen molar-refractivity contribution in [3.63, 3.8) is 0 Å². The Morgan fingerprint density at radius 2 is 2.37 bits per heavy atom. The van der Waals surface area contributed by atoms with E-state index >= 15 is 0 Å². The first-order chi connectivity index (χ1) is 9.15. The monoisotopic (exact) mass is 346 g/mol. The molecular formula is C10H11BrN4O3S. The van der Waals surface area contributed by atoms with Crippen molar-refractivity contribution in [3.05, 3.63) is 21.1 Å². The molecule has 0 fully saturated rings. The maximum absolute atomic E-state index is 11.8. The number of rotatable bonds is 5. The minimum absolute atomic E-state index is 0.0375. The lowest BCUT2D eigenvalue weighted by atomic mass is 10.4. The van der Waals surface area contributed by atoms with Crippen molar-refractivity contribution in [3.8, 4) is 5.88 Å². The maximum Gasteiger partial charge on any atom is 0.315 e. The van der Waals surface area contributed by atoms with Gasteiger partial charge in [0, 0.05) is 6.42 Å². The Balaban J connectivity index is 1.98. The van der Waals surface area contributed by atoms with Crippen LogP contribution in [0.4, 0.5) is 0 Å². The second-order valence-corrected chi connectivity index (χ2v) is 5.13. The number of halogens is 1. The molecule has 19 heavy (non-hydrogen) atoms. The van der Waals surface area contributed by atoms with Gasteiger partial charge in [-0.3, -0.25) is 4.79 Å². The van der Waals surface area contributed by atoms with Crippen LogP contribution in [-0.2, 0) is 13.0 Å². The number of nitrogens with one attached hydrogen (secondary N) is 1. The van der Waals surface area contributed by atoms with E-state index in [1.54, 1.807) is 0 Å². The summed E-state index contributed by atoms with van der Waals surface area (Å²) in [6.45, 7) is 2.19. The third-order valence-electron chi connectivity index (χ3n) is 2.25. The Labute approximate surface area is 121 Å². The third kappa shape index (κ3) is 3.10. The summed E-state index contributed by atoms with van der Waals surface area (Å²) in [6.07, 6.45) is 0.619. The molecule has 0 saturated carbocycles. The standard InChI is InChI=1S/C10H11BrN4O3S/c1-3-6-13-10(18-14-6)8(16)12-4-5-7(11)9(17-2)15-19-5/h3-4H2,1-2H3,(H,12,16). The van der Waals surface area contributed by atoms with Gasteiger partial charge in [0.25, 0.3) is 0 Å².